The fraction of sp³-hybridized carbons (Fsp3) is 0.769. The van der Waals surface area contributed by atoms with Crippen LogP contribution in [0.2, 0.25) is 0 Å². The van der Waals surface area contributed by atoms with E-state index in [-0.39, 0.29) is 5.92 Å². The fourth-order valence-corrected chi connectivity index (χ4v) is 2.26. The maximum atomic E-state index is 10.9. The molecule has 0 amide bonds. The van der Waals surface area contributed by atoms with Crippen LogP contribution in [-0.4, -0.2) is 23.7 Å². The second-order valence-corrected chi connectivity index (χ2v) is 4.51. The van der Waals surface area contributed by atoms with Crippen LogP contribution in [0.15, 0.2) is 0 Å². The summed E-state index contributed by atoms with van der Waals surface area (Å²) in [4.78, 5) is 10.9. The highest BCUT2D eigenvalue weighted by Gasteiger charge is 2.26. The van der Waals surface area contributed by atoms with Gasteiger partial charge in [-0.25, -0.2) is 0 Å². The lowest BCUT2D eigenvalue weighted by atomic mass is 9.86. The Morgan fingerprint density at radius 3 is 2.94 bits per heavy atom. The molecule has 3 heteroatoms. The molecule has 2 N–H and O–H groups in total. The molecule has 1 aliphatic rings. The summed E-state index contributed by atoms with van der Waals surface area (Å²) in [6.07, 6.45) is 11.9. The number of nitrogens with one attached hydrogen (secondary N) is 1. The van der Waals surface area contributed by atoms with Gasteiger partial charge in [-0.3, -0.25) is 4.79 Å². The van der Waals surface area contributed by atoms with Crippen molar-refractivity contribution < 1.29 is 9.90 Å². The first-order valence-corrected chi connectivity index (χ1v) is 6.13. The molecule has 0 aromatic heterocycles. The molecule has 1 aliphatic carbocycles. The van der Waals surface area contributed by atoms with E-state index < -0.39 is 5.97 Å². The van der Waals surface area contributed by atoms with Crippen LogP contribution in [0.1, 0.15) is 44.9 Å². The first-order valence-electron chi connectivity index (χ1n) is 6.13. The molecule has 2 unspecified atom stereocenters. The van der Waals surface area contributed by atoms with E-state index in [1.165, 1.54) is 0 Å². The summed E-state index contributed by atoms with van der Waals surface area (Å²) in [6.45, 7) is 0.957. The van der Waals surface area contributed by atoms with Crippen molar-refractivity contribution in [1.29, 1.82) is 0 Å². The van der Waals surface area contributed by atoms with Crippen LogP contribution >= 0.6 is 0 Å². The molecule has 0 heterocycles. The van der Waals surface area contributed by atoms with Gasteiger partial charge in [-0.05, 0) is 38.6 Å². The molecule has 16 heavy (non-hydrogen) atoms. The van der Waals surface area contributed by atoms with Crippen LogP contribution in [0.25, 0.3) is 0 Å². The molecule has 2 atom stereocenters. The van der Waals surface area contributed by atoms with Crippen LogP contribution in [0.3, 0.4) is 0 Å². The smallest absolute Gasteiger partial charge is 0.306 e. The van der Waals surface area contributed by atoms with Crippen molar-refractivity contribution in [1.82, 2.24) is 5.32 Å². The minimum atomic E-state index is -0.640. The molecular formula is C13H21NO2. The van der Waals surface area contributed by atoms with Gasteiger partial charge in [-0.15, -0.1) is 12.3 Å². The molecule has 0 aromatic carbocycles. The molecule has 90 valence electrons. The zero-order chi connectivity index (χ0) is 11.8. The minimum Gasteiger partial charge on any atom is -0.481 e. The highest BCUT2D eigenvalue weighted by Crippen LogP contribution is 2.24. The third-order valence-electron chi connectivity index (χ3n) is 3.20. The standard InChI is InChI=1S/C13H21NO2/c1-2-3-4-5-9-14-12-8-6-7-11(10-12)13(15)16/h1,11-12,14H,3-10H2,(H,15,16). The normalized spacial score (nSPS) is 24.9. The van der Waals surface area contributed by atoms with Crippen molar-refractivity contribution in [2.45, 2.75) is 51.0 Å². The van der Waals surface area contributed by atoms with E-state index >= 15 is 0 Å². The predicted octanol–water partition coefficient (Wildman–Crippen LogP) is 2.02. The molecule has 0 spiro atoms. The van der Waals surface area contributed by atoms with Crippen LogP contribution in [-0.2, 0) is 4.79 Å². The maximum Gasteiger partial charge on any atom is 0.306 e. The molecule has 0 bridgehead atoms. The van der Waals surface area contributed by atoms with Gasteiger partial charge in [0.25, 0.3) is 0 Å². The lowest BCUT2D eigenvalue weighted by Gasteiger charge is -2.27. The first-order chi connectivity index (χ1) is 7.74. The van der Waals surface area contributed by atoms with Gasteiger partial charge < -0.3 is 10.4 Å². The monoisotopic (exact) mass is 223 g/mol. The van der Waals surface area contributed by atoms with Crippen molar-refractivity contribution in [3.05, 3.63) is 0 Å². The number of terminal acetylenes is 1. The average Bonchev–Trinajstić information content (AvgIpc) is 2.29. The molecule has 1 fully saturated rings. The largest absolute Gasteiger partial charge is 0.481 e. The Kier molecular flexibility index (Phi) is 5.95. The maximum absolute atomic E-state index is 10.9. The van der Waals surface area contributed by atoms with Crippen LogP contribution in [0.5, 0.6) is 0 Å². The van der Waals surface area contributed by atoms with E-state index in [2.05, 4.69) is 11.2 Å². The Bertz CT molecular complexity index is 257. The van der Waals surface area contributed by atoms with Crippen molar-refractivity contribution in [3.8, 4) is 12.3 Å². The third kappa shape index (κ3) is 4.67. The fourth-order valence-electron chi connectivity index (χ4n) is 2.26. The summed E-state index contributed by atoms with van der Waals surface area (Å²) in [6, 6.07) is 0.390. The Hall–Kier alpha value is -1.01. The molecule has 0 radical (unpaired) electrons. The number of rotatable bonds is 6. The Balaban J connectivity index is 2.12. The number of hydrogen-bond acceptors (Lipinski definition) is 2. The van der Waals surface area contributed by atoms with Crippen LogP contribution in [0.4, 0.5) is 0 Å². The highest BCUT2D eigenvalue weighted by molar-refractivity contribution is 5.70. The van der Waals surface area contributed by atoms with Crippen molar-refractivity contribution in [3.63, 3.8) is 0 Å². The van der Waals surface area contributed by atoms with Crippen molar-refractivity contribution in [2.24, 2.45) is 5.92 Å². The molecule has 0 aliphatic heterocycles. The number of unbranched alkanes of at least 4 members (excludes halogenated alkanes) is 2. The third-order valence-corrected chi connectivity index (χ3v) is 3.20. The summed E-state index contributed by atoms with van der Waals surface area (Å²) >= 11 is 0. The second-order valence-electron chi connectivity index (χ2n) is 4.51. The topological polar surface area (TPSA) is 49.3 Å². The highest BCUT2D eigenvalue weighted by atomic mass is 16.4. The molecular weight excluding hydrogens is 202 g/mol. The molecule has 1 rings (SSSR count). The van der Waals surface area contributed by atoms with Crippen molar-refractivity contribution in [2.75, 3.05) is 6.54 Å². The van der Waals surface area contributed by atoms with Crippen LogP contribution < -0.4 is 5.32 Å². The van der Waals surface area contributed by atoms with Crippen LogP contribution in [0, 0.1) is 18.3 Å². The Labute approximate surface area is 97.6 Å². The number of carboxylic acids is 1. The summed E-state index contributed by atoms with van der Waals surface area (Å²) in [5.74, 6) is 1.84. The van der Waals surface area contributed by atoms with Gasteiger partial charge in [0.2, 0.25) is 0 Å². The van der Waals surface area contributed by atoms with E-state index in [9.17, 15) is 4.79 Å². The predicted molar refractivity (Wildman–Crippen MR) is 64.1 cm³/mol. The number of hydrogen-bond donors (Lipinski definition) is 2. The lowest BCUT2D eigenvalue weighted by molar-refractivity contribution is -0.143. The molecule has 1 saturated carbocycles. The van der Waals surface area contributed by atoms with Gasteiger partial charge in [0.05, 0.1) is 5.92 Å². The van der Waals surface area contributed by atoms with Gasteiger partial charge >= 0.3 is 5.97 Å². The SMILES string of the molecule is C#CCCCCNC1CCCC(C(=O)O)C1. The summed E-state index contributed by atoms with van der Waals surface area (Å²) in [5.41, 5.74) is 0. The first kappa shape index (κ1) is 13.1. The minimum absolute atomic E-state index is 0.142. The van der Waals surface area contributed by atoms with Gasteiger partial charge in [0.15, 0.2) is 0 Å². The van der Waals surface area contributed by atoms with E-state index in [1.54, 1.807) is 0 Å². The van der Waals surface area contributed by atoms with E-state index in [0.29, 0.717) is 6.04 Å². The van der Waals surface area contributed by atoms with Gasteiger partial charge in [0.1, 0.15) is 0 Å². The van der Waals surface area contributed by atoms with E-state index in [0.717, 1.165) is 51.5 Å². The molecule has 0 saturated heterocycles. The Morgan fingerprint density at radius 1 is 1.44 bits per heavy atom. The summed E-state index contributed by atoms with van der Waals surface area (Å²) in [7, 11) is 0. The number of aliphatic carboxylic acids is 1. The zero-order valence-corrected chi connectivity index (χ0v) is 9.74. The van der Waals surface area contributed by atoms with Crippen molar-refractivity contribution >= 4 is 5.97 Å². The molecule has 0 aromatic rings. The van der Waals surface area contributed by atoms with E-state index in [4.69, 9.17) is 11.5 Å². The quantitative estimate of drug-likeness (QED) is 0.535. The van der Waals surface area contributed by atoms with E-state index in [1.807, 2.05) is 0 Å². The number of carboxylic acid groups (broad SMARTS) is 1. The second kappa shape index (κ2) is 7.29. The Morgan fingerprint density at radius 2 is 2.25 bits per heavy atom. The summed E-state index contributed by atoms with van der Waals surface area (Å²) in [5, 5.41) is 12.4. The summed E-state index contributed by atoms with van der Waals surface area (Å²) < 4.78 is 0. The van der Waals surface area contributed by atoms with Gasteiger partial charge in [0, 0.05) is 12.5 Å². The molecule has 3 nitrogen and oxygen atoms in total. The van der Waals surface area contributed by atoms with Gasteiger partial charge in [-0.1, -0.05) is 6.42 Å². The van der Waals surface area contributed by atoms with Gasteiger partial charge in [-0.2, -0.15) is 0 Å². The zero-order valence-electron chi connectivity index (χ0n) is 9.74. The number of carbonyl (C=O) groups is 1. The lowest BCUT2D eigenvalue weighted by Crippen LogP contribution is -2.36. The average molecular weight is 223 g/mol.